The summed E-state index contributed by atoms with van der Waals surface area (Å²) in [5.41, 5.74) is 4.54. The Bertz CT molecular complexity index is 995. The lowest BCUT2D eigenvalue weighted by Crippen LogP contribution is -2.29. The van der Waals surface area contributed by atoms with E-state index in [0.29, 0.717) is 12.0 Å². The molecule has 2 aliphatic carbocycles. The third-order valence-corrected chi connectivity index (χ3v) is 7.02. The SMILES string of the molecule is COc1cc2c(cc1OC)[C@H]1CCCC[C@H]1N=C2c1ccc(OC)c(OC2CCC2)c1. The highest BCUT2D eigenvalue weighted by Crippen LogP contribution is 2.45. The predicted octanol–water partition coefficient (Wildman–Crippen LogP) is 5.52. The van der Waals surface area contributed by atoms with Crippen molar-refractivity contribution in [3.63, 3.8) is 0 Å². The molecule has 31 heavy (non-hydrogen) atoms. The van der Waals surface area contributed by atoms with Gasteiger partial charge in [0.15, 0.2) is 23.0 Å². The molecular weight excluding hydrogens is 390 g/mol. The van der Waals surface area contributed by atoms with Gasteiger partial charge in [0.25, 0.3) is 0 Å². The van der Waals surface area contributed by atoms with E-state index in [1.54, 1.807) is 21.3 Å². The zero-order chi connectivity index (χ0) is 21.4. The molecule has 5 heteroatoms. The zero-order valence-electron chi connectivity index (χ0n) is 18.6. The van der Waals surface area contributed by atoms with Crippen molar-refractivity contribution in [1.29, 1.82) is 0 Å². The molecular formula is C26H31NO4. The van der Waals surface area contributed by atoms with Crippen molar-refractivity contribution in [3.05, 3.63) is 47.0 Å². The molecule has 0 amide bonds. The summed E-state index contributed by atoms with van der Waals surface area (Å²) in [7, 11) is 5.08. The summed E-state index contributed by atoms with van der Waals surface area (Å²) in [6.45, 7) is 0. The molecule has 2 aromatic rings. The monoisotopic (exact) mass is 421 g/mol. The van der Waals surface area contributed by atoms with E-state index < -0.39 is 0 Å². The van der Waals surface area contributed by atoms with Gasteiger partial charge in [0.2, 0.25) is 0 Å². The molecule has 164 valence electrons. The molecule has 2 atom stereocenters. The van der Waals surface area contributed by atoms with Gasteiger partial charge in [0, 0.05) is 17.0 Å². The molecule has 2 fully saturated rings. The van der Waals surface area contributed by atoms with Crippen LogP contribution in [0.25, 0.3) is 0 Å². The minimum absolute atomic E-state index is 0.289. The van der Waals surface area contributed by atoms with E-state index in [0.717, 1.165) is 59.1 Å². The molecule has 0 bridgehead atoms. The number of nitrogens with zero attached hydrogens (tertiary/aromatic N) is 1. The van der Waals surface area contributed by atoms with E-state index in [4.69, 9.17) is 23.9 Å². The molecule has 0 saturated heterocycles. The molecule has 1 aliphatic heterocycles. The normalized spacial score (nSPS) is 22.5. The molecule has 2 saturated carbocycles. The quantitative estimate of drug-likeness (QED) is 0.616. The third-order valence-electron chi connectivity index (χ3n) is 7.02. The third kappa shape index (κ3) is 3.64. The first-order valence-corrected chi connectivity index (χ1v) is 11.4. The first-order chi connectivity index (χ1) is 15.2. The molecule has 5 nitrogen and oxygen atoms in total. The molecule has 3 aliphatic rings. The second-order valence-electron chi connectivity index (χ2n) is 8.77. The van der Waals surface area contributed by atoms with Crippen LogP contribution in [-0.4, -0.2) is 39.2 Å². The second-order valence-corrected chi connectivity index (χ2v) is 8.77. The molecule has 2 aromatic carbocycles. The maximum absolute atomic E-state index is 6.26. The van der Waals surface area contributed by atoms with E-state index in [1.165, 1.54) is 31.2 Å². The van der Waals surface area contributed by atoms with Crippen LogP contribution in [-0.2, 0) is 0 Å². The minimum Gasteiger partial charge on any atom is -0.493 e. The van der Waals surface area contributed by atoms with Crippen LogP contribution in [0.3, 0.4) is 0 Å². The fraction of sp³-hybridized carbons (Fsp3) is 0.500. The van der Waals surface area contributed by atoms with Crippen molar-refractivity contribution < 1.29 is 18.9 Å². The van der Waals surface area contributed by atoms with E-state index in [-0.39, 0.29) is 6.10 Å². The molecule has 5 rings (SSSR count). The average Bonchev–Trinajstić information content (AvgIpc) is 2.79. The van der Waals surface area contributed by atoms with Gasteiger partial charge in [-0.3, -0.25) is 4.99 Å². The number of hydrogen-bond acceptors (Lipinski definition) is 5. The van der Waals surface area contributed by atoms with Crippen LogP contribution in [0.4, 0.5) is 0 Å². The number of fused-ring (bicyclic) bond motifs is 3. The Balaban J connectivity index is 1.61. The topological polar surface area (TPSA) is 49.3 Å². The van der Waals surface area contributed by atoms with Crippen LogP contribution >= 0.6 is 0 Å². The molecule has 0 unspecified atom stereocenters. The standard InChI is InChI=1S/C26H31NO4/c1-28-22-12-11-16(13-25(22)31-17-7-6-8-17)26-20-15-24(30-3)23(29-2)14-19(20)18-9-4-5-10-21(18)27-26/h11-15,17-18,21H,4-10H2,1-3H3/t18-,21-/m1/s1. The molecule has 0 spiro atoms. The lowest BCUT2D eigenvalue weighted by Gasteiger charge is -2.36. The summed E-state index contributed by atoms with van der Waals surface area (Å²) < 4.78 is 23.1. The largest absolute Gasteiger partial charge is 0.493 e. The highest BCUT2D eigenvalue weighted by Gasteiger charge is 2.35. The van der Waals surface area contributed by atoms with Gasteiger partial charge in [-0.2, -0.15) is 0 Å². The van der Waals surface area contributed by atoms with Gasteiger partial charge in [-0.1, -0.05) is 12.8 Å². The summed E-state index contributed by atoms with van der Waals surface area (Å²) in [4.78, 5) is 5.28. The van der Waals surface area contributed by atoms with Crippen LogP contribution in [0.2, 0.25) is 0 Å². The van der Waals surface area contributed by atoms with Crippen LogP contribution in [0.1, 0.15) is 67.6 Å². The van der Waals surface area contributed by atoms with Crippen molar-refractivity contribution in [2.24, 2.45) is 4.99 Å². The maximum Gasteiger partial charge on any atom is 0.162 e. The average molecular weight is 422 g/mol. The Morgan fingerprint density at radius 2 is 1.48 bits per heavy atom. The number of hydrogen-bond donors (Lipinski definition) is 0. The highest BCUT2D eigenvalue weighted by molar-refractivity contribution is 6.15. The lowest BCUT2D eigenvalue weighted by molar-refractivity contribution is 0.116. The van der Waals surface area contributed by atoms with Gasteiger partial charge in [-0.25, -0.2) is 0 Å². The van der Waals surface area contributed by atoms with E-state index in [1.807, 2.05) is 6.07 Å². The Morgan fingerprint density at radius 1 is 0.742 bits per heavy atom. The van der Waals surface area contributed by atoms with Crippen molar-refractivity contribution in [2.45, 2.75) is 63.0 Å². The van der Waals surface area contributed by atoms with Crippen molar-refractivity contribution in [2.75, 3.05) is 21.3 Å². The van der Waals surface area contributed by atoms with E-state index in [2.05, 4.69) is 24.3 Å². The zero-order valence-corrected chi connectivity index (χ0v) is 18.6. The Labute approximate surface area is 184 Å². The molecule has 0 radical (unpaired) electrons. The summed E-state index contributed by atoms with van der Waals surface area (Å²) in [5, 5.41) is 0. The van der Waals surface area contributed by atoms with Gasteiger partial charge in [0.1, 0.15) is 0 Å². The first kappa shape index (κ1) is 20.2. The first-order valence-electron chi connectivity index (χ1n) is 11.4. The van der Waals surface area contributed by atoms with Crippen LogP contribution in [0.15, 0.2) is 35.3 Å². The molecule has 0 aromatic heterocycles. The predicted molar refractivity (Wildman–Crippen MR) is 121 cm³/mol. The Morgan fingerprint density at radius 3 is 2.19 bits per heavy atom. The Hall–Kier alpha value is -2.69. The second kappa shape index (κ2) is 8.45. The van der Waals surface area contributed by atoms with E-state index in [9.17, 15) is 0 Å². The maximum atomic E-state index is 6.26. The van der Waals surface area contributed by atoms with Crippen LogP contribution in [0, 0.1) is 0 Å². The van der Waals surface area contributed by atoms with Gasteiger partial charge in [-0.05, 0) is 68.0 Å². The molecule has 0 N–H and O–H groups in total. The van der Waals surface area contributed by atoms with Crippen LogP contribution < -0.4 is 18.9 Å². The van der Waals surface area contributed by atoms with Gasteiger partial charge < -0.3 is 18.9 Å². The van der Waals surface area contributed by atoms with E-state index >= 15 is 0 Å². The number of methoxy groups -OCH3 is 3. The Kier molecular flexibility index (Phi) is 5.51. The summed E-state index contributed by atoms with van der Waals surface area (Å²) in [6.07, 6.45) is 8.53. The summed E-state index contributed by atoms with van der Waals surface area (Å²) >= 11 is 0. The van der Waals surface area contributed by atoms with Crippen molar-refractivity contribution in [3.8, 4) is 23.0 Å². The summed E-state index contributed by atoms with van der Waals surface area (Å²) in [5.74, 6) is 3.55. The van der Waals surface area contributed by atoms with Crippen molar-refractivity contribution in [1.82, 2.24) is 0 Å². The molecule has 1 heterocycles. The number of rotatable bonds is 6. The number of benzene rings is 2. The smallest absolute Gasteiger partial charge is 0.162 e. The van der Waals surface area contributed by atoms with Gasteiger partial charge >= 0.3 is 0 Å². The van der Waals surface area contributed by atoms with Gasteiger partial charge in [-0.15, -0.1) is 0 Å². The fourth-order valence-corrected chi connectivity index (χ4v) is 5.08. The number of ether oxygens (including phenoxy) is 4. The van der Waals surface area contributed by atoms with Crippen molar-refractivity contribution >= 4 is 5.71 Å². The van der Waals surface area contributed by atoms with Crippen LogP contribution in [0.5, 0.6) is 23.0 Å². The lowest BCUT2D eigenvalue weighted by atomic mass is 9.75. The minimum atomic E-state index is 0.289. The summed E-state index contributed by atoms with van der Waals surface area (Å²) in [6, 6.07) is 10.8. The van der Waals surface area contributed by atoms with Gasteiger partial charge in [0.05, 0.1) is 39.2 Å². The number of aliphatic imine (C=N–C) groups is 1. The fourth-order valence-electron chi connectivity index (χ4n) is 5.08. The highest BCUT2D eigenvalue weighted by atomic mass is 16.5.